The highest BCUT2D eigenvalue weighted by Crippen LogP contribution is 2.34. The molecule has 1 atom stereocenters. The Hall–Kier alpha value is -3.23. The molecule has 4 rings (SSSR count). The summed E-state index contributed by atoms with van der Waals surface area (Å²) in [6.45, 7) is 2.03. The fourth-order valence-electron chi connectivity index (χ4n) is 3.91. The van der Waals surface area contributed by atoms with E-state index in [1.165, 1.54) is 29.8 Å². The van der Waals surface area contributed by atoms with E-state index in [4.69, 9.17) is 9.94 Å². The Morgan fingerprint density at radius 3 is 2.87 bits per heavy atom. The number of amides is 2. The van der Waals surface area contributed by atoms with Crippen molar-refractivity contribution in [1.29, 1.82) is 0 Å². The number of halogens is 1. The van der Waals surface area contributed by atoms with Gasteiger partial charge in [-0.2, -0.15) is 0 Å². The molecule has 3 N–H and O–H groups in total. The van der Waals surface area contributed by atoms with Gasteiger partial charge in [-0.3, -0.25) is 19.7 Å². The first-order valence-electron chi connectivity index (χ1n) is 9.71. The molecule has 2 heterocycles. The molecule has 1 unspecified atom stereocenters. The molecule has 1 fully saturated rings. The van der Waals surface area contributed by atoms with Crippen LogP contribution in [0.15, 0.2) is 48.5 Å². The maximum absolute atomic E-state index is 13.2. The van der Waals surface area contributed by atoms with Crippen molar-refractivity contribution in [3.63, 3.8) is 0 Å². The molecule has 2 aliphatic rings. The number of hydroxylamine groups is 1. The summed E-state index contributed by atoms with van der Waals surface area (Å²) in [6, 6.07) is 11.5. The largest absolute Gasteiger partial charge is 0.466 e. The van der Waals surface area contributed by atoms with Crippen molar-refractivity contribution in [1.82, 2.24) is 15.7 Å². The zero-order valence-corrected chi connectivity index (χ0v) is 16.2. The Kier molecular flexibility index (Phi) is 5.52. The number of nitrogens with one attached hydrogen (secondary N) is 2. The van der Waals surface area contributed by atoms with E-state index in [9.17, 15) is 14.0 Å². The van der Waals surface area contributed by atoms with E-state index in [1.807, 2.05) is 0 Å². The molecule has 2 aliphatic heterocycles. The molecule has 2 aromatic rings. The molecule has 1 saturated heterocycles. The summed E-state index contributed by atoms with van der Waals surface area (Å²) >= 11 is 0. The maximum Gasteiger partial charge on any atom is 0.267 e. The SMILES string of the molecule is O=C(/C=C/c1ccc2c(c1)C(=O)NC1(CCCN(Cc3ccc(F)cc3)C1)O2)NO. The van der Waals surface area contributed by atoms with Crippen LogP contribution in [0.3, 0.4) is 0 Å². The monoisotopic (exact) mass is 411 g/mol. The molecule has 8 heteroatoms. The molecule has 0 aliphatic carbocycles. The number of likely N-dealkylation sites (tertiary alicyclic amines) is 1. The third-order valence-electron chi connectivity index (χ3n) is 5.29. The first-order chi connectivity index (χ1) is 14.5. The van der Waals surface area contributed by atoms with E-state index in [2.05, 4.69) is 10.2 Å². The van der Waals surface area contributed by atoms with Crippen molar-refractivity contribution in [3.05, 3.63) is 71.0 Å². The summed E-state index contributed by atoms with van der Waals surface area (Å²) in [7, 11) is 0. The van der Waals surface area contributed by atoms with Gasteiger partial charge < -0.3 is 10.1 Å². The van der Waals surface area contributed by atoms with Gasteiger partial charge in [-0.25, -0.2) is 9.87 Å². The minimum atomic E-state index is -0.809. The van der Waals surface area contributed by atoms with E-state index >= 15 is 0 Å². The van der Waals surface area contributed by atoms with Gasteiger partial charge in [0, 0.05) is 19.0 Å². The van der Waals surface area contributed by atoms with Crippen molar-refractivity contribution in [2.45, 2.75) is 25.1 Å². The van der Waals surface area contributed by atoms with Crippen LogP contribution in [0.1, 0.15) is 34.3 Å². The van der Waals surface area contributed by atoms with Gasteiger partial charge in [-0.05, 0) is 54.4 Å². The van der Waals surface area contributed by atoms with E-state index < -0.39 is 11.6 Å². The van der Waals surface area contributed by atoms with Crippen LogP contribution in [0.5, 0.6) is 5.75 Å². The van der Waals surface area contributed by atoms with Crippen LogP contribution < -0.4 is 15.5 Å². The van der Waals surface area contributed by atoms with Gasteiger partial charge in [-0.1, -0.05) is 18.2 Å². The van der Waals surface area contributed by atoms with E-state index in [0.29, 0.717) is 36.4 Å². The molecule has 30 heavy (non-hydrogen) atoms. The number of hydrogen-bond acceptors (Lipinski definition) is 5. The second-order valence-corrected chi connectivity index (χ2v) is 7.56. The molecular weight excluding hydrogens is 389 g/mol. The number of rotatable bonds is 4. The Morgan fingerprint density at radius 2 is 2.10 bits per heavy atom. The molecule has 0 bridgehead atoms. The topological polar surface area (TPSA) is 90.9 Å². The lowest BCUT2D eigenvalue weighted by molar-refractivity contribution is -0.124. The number of carbonyl (C=O) groups excluding carboxylic acids is 2. The molecule has 0 aromatic heterocycles. The van der Waals surface area contributed by atoms with Gasteiger partial charge in [0.25, 0.3) is 11.8 Å². The van der Waals surface area contributed by atoms with Crippen molar-refractivity contribution in [2.24, 2.45) is 0 Å². The molecule has 0 saturated carbocycles. The highest BCUT2D eigenvalue weighted by Gasteiger charge is 2.43. The Morgan fingerprint density at radius 1 is 1.30 bits per heavy atom. The fourth-order valence-corrected chi connectivity index (χ4v) is 3.91. The number of benzene rings is 2. The first-order valence-corrected chi connectivity index (χ1v) is 9.71. The molecule has 0 radical (unpaired) electrons. The molecule has 7 nitrogen and oxygen atoms in total. The minimum Gasteiger partial charge on any atom is -0.466 e. The van der Waals surface area contributed by atoms with E-state index in [1.54, 1.807) is 30.3 Å². The Labute approximate surface area is 173 Å². The normalized spacial score (nSPS) is 21.2. The molecule has 2 aromatic carbocycles. The Balaban J connectivity index is 1.50. The summed E-state index contributed by atoms with van der Waals surface area (Å²) in [5.74, 6) is -0.664. The van der Waals surface area contributed by atoms with Gasteiger partial charge in [-0.15, -0.1) is 0 Å². The number of piperidine rings is 1. The maximum atomic E-state index is 13.2. The summed E-state index contributed by atoms with van der Waals surface area (Å²) < 4.78 is 19.4. The number of ether oxygens (including phenoxy) is 1. The first kappa shape index (κ1) is 20.1. The van der Waals surface area contributed by atoms with Gasteiger partial charge in [0.1, 0.15) is 11.6 Å². The summed E-state index contributed by atoms with van der Waals surface area (Å²) in [4.78, 5) is 26.1. The smallest absolute Gasteiger partial charge is 0.267 e. The Bertz CT molecular complexity index is 992. The van der Waals surface area contributed by atoms with Crippen LogP contribution in [-0.2, 0) is 11.3 Å². The lowest BCUT2D eigenvalue weighted by Gasteiger charge is -2.45. The predicted octanol–water partition coefficient (Wildman–Crippen LogP) is 2.46. The van der Waals surface area contributed by atoms with Crippen LogP contribution in [0, 0.1) is 5.82 Å². The zero-order valence-electron chi connectivity index (χ0n) is 16.2. The molecule has 156 valence electrons. The number of fused-ring (bicyclic) bond motifs is 1. The van der Waals surface area contributed by atoms with Crippen molar-refractivity contribution in [3.8, 4) is 5.75 Å². The zero-order chi connectivity index (χ0) is 21.1. The standard InChI is InChI=1S/C22H22FN3O4/c23-17-6-2-16(3-7-17)13-26-11-1-10-22(14-26)24-21(28)18-12-15(4-8-19(18)30-22)5-9-20(27)25-29/h2-9,12,29H,1,10-11,13-14H2,(H,24,28)(H,25,27)/b9-5+. The summed E-state index contributed by atoms with van der Waals surface area (Å²) in [5, 5.41) is 11.6. The lowest BCUT2D eigenvalue weighted by atomic mass is 9.97. The molecule has 1 spiro atoms. The van der Waals surface area contributed by atoms with Crippen LogP contribution in [0.2, 0.25) is 0 Å². The van der Waals surface area contributed by atoms with E-state index in [0.717, 1.165) is 18.5 Å². The number of nitrogens with zero attached hydrogens (tertiary/aromatic N) is 1. The lowest BCUT2D eigenvalue weighted by Crippen LogP contribution is -2.63. The quantitative estimate of drug-likeness (QED) is 0.409. The molecular formula is C22H22FN3O4. The van der Waals surface area contributed by atoms with Crippen LogP contribution in [0.4, 0.5) is 4.39 Å². The highest BCUT2D eigenvalue weighted by molar-refractivity contribution is 5.99. The van der Waals surface area contributed by atoms with Crippen LogP contribution in [-0.4, -0.2) is 40.7 Å². The average Bonchev–Trinajstić information content (AvgIpc) is 2.74. The van der Waals surface area contributed by atoms with Crippen molar-refractivity contribution in [2.75, 3.05) is 13.1 Å². The van der Waals surface area contributed by atoms with Gasteiger partial charge >= 0.3 is 0 Å². The minimum absolute atomic E-state index is 0.234. The second-order valence-electron chi connectivity index (χ2n) is 7.56. The summed E-state index contributed by atoms with van der Waals surface area (Å²) in [5.41, 5.74) is 2.73. The summed E-state index contributed by atoms with van der Waals surface area (Å²) in [6.07, 6.45) is 4.21. The average molecular weight is 411 g/mol. The number of hydrogen-bond donors (Lipinski definition) is 3. The second kappa shape index (κ2) is 8.25. The highest BCUT2D eigenvalue weighted by atomic mass is 19.1. The van der Waals surface area contributed by atoms with Gasteiger partial charge in [0.05, 0.1) is 12.1 Å². The van der Waals surface area contributed by atoms with Crippen molar-refractivity contribution < 1.29 is 23.9 Å². The van der Waals surface area contributed by atoms with Crippen molar-refractivity contribution >= 4 is 17.9 Å². The van der Waals surface area contributed by atoms with Crippen LogP contribution in [0.25, 0.3) is 6.08 Å². The van der Waals surface area contributed by atoms with E-state index in [-0.39, 0.29) is 11.7 Å². The number of carbonyl (C=O) groups is 2. The predicted molar refractivity (Wildman–Crippen MR) is 107 cm³/mol. The van der Waals surface area contributed by atoms with Gasteiger partial charge in [0.2, 0.25) is 0 Å². The third kappa shape index (κ3) is 4.34. The fraction of sp³-hybridized carbons (Fsp3) is 0.273. The van der Waals surface area contributed by atoms with Gasteiger partial charge in [0.15, 0.2) is 5.72 Å². The van der Waals surface area contributed by atoms with Crippen LogP contribution >= 0.6 is 0 Å². The molecule has 2 amide bonds. The third-order valence-corrected chi connectivity index (χ3v) is 5.29.